The maximum atomic E-state index is 11.6. The molecule has 166 valence electrons. The second-order valence-corrected chi connectivity index (χ2v) is 7.99. The van der Waals surface area contributed by atoms with E-state index in [0.717, 1.165) is 12.8 Å². The maximum absolute atomic E-state index is 11.6. The van der Waals surface area contributed by atoms with Gasteiger partial charge in [-0.05, 0) is 19.3 Å². The molecule has 0 aromatic rings. The van der Waals surface area contributed by atoms with Gasteiger partial charge in [0.15, 0.2) is 0 Å². The molecule has 0 amide bonds. The van der Waals surface area contributed by atoms with Gasteiger partial charge in [-0.15, -0.1) is 0 Å². The largest absolute Gasteiger partial charge is 0.550 e. The minimum Gasteiger partial charge on any atom is -0.550 e. The second-order valence-electron chi connectivity index (χ2n) is 7.99. The molecular formula is C23H44NO4-. The summed E-state index contributed by atoms with van der Waals surface area (Å²) < 4.78 is 5.08. The zero-order chi connectivity index (χ0) is 20.9. The first-order chi connectivity index (χ1) is 13.6. The van der Waals surface area contributed by atoms with Gasteiger partial charge in [0.05, 0.1) is 6.61 Å². The van der Waals surface area contributed by atoms with Crippen LogP contribution in [0.4, 0.5) is 0 Å². The molecule has 0 saturated heterocycles. The molecule has 0 aliphatic carbocycles. The summed E-state index contributed by atoms with van der Waals surface area (Å²) in [7, 11) is 0. The number of hydrogen-bond acceptors (Lipinski definition) is 5. The Hall–Kier alpha value is -1.10. The zero-order valence-electron chi connectivity index (χ0n) is 18.2. The number of carboxylic acids is 1. The summed E-state index contributed by atoms with van der Waals surface area (Å²) in [4.78, 5) is 21.9. The van der Waals surface area contributed by atoms with Crippen molar-refractivity contribution in [3.8, 4) is 0 Å². The van der Waals surface area contributed by atoms with Crippen LogP contribution in [0, 0.1) is 0 Å². The summed E-state index contributed by atoms with van der Waals surface area (Å²) in [6.07, 6.45) is 20.7. The Kier molecular flexibility index (Phi) is 19.8. The van der Waals surface area contributed by atoms with Crippen molar-refractivity contribution in [1.82, 2.24) is 0 Å². The first kappa shape index (κ1) is 26.9. The van der Waals surface area contributed by atoms with E-state index in [0.29, 0.717) is 6.61 Å². The molecule has 0 aromatic carbocycles. The third-order valence-corrected chi connectivity index (χ3v) is 5.20. The molecule has 0 fully saturated rings. The summed E-state index contributed by atoms with van der Waals surface area (Å²) in [6, 6.07) is -0.862. The molecule has 5 heteroatoms. The standard InChI is InChI=1S/C23H45NO4/c1-2-3-4-5-6-7-8-9-10-11-12-13-14-15-16-17-20-28-23(27)21(24)18-19-22(25)26/h21H,2-20,24H2,1H3,(H,25,26)/p-1/t21-/m0/s1. The molecule has 0 saturated carbocycles. The lowest BCUT2D eigenvalue weighted by Gasteiger charge is -2.11. The quantitative estimate of drug-likeness (QED) is 0.224. The van der Waals surface area contributed by atoms with Gasteiger partial charge < -0.3 is 20.4 Å². The number of ether oxygens (including phenoxy) is 1. The van der Waals surface area contributed by atoms with Crippen LogP contribution in [0.5, 0.6) is 0 Å². The third-order valence-electron chi connectivity index (χ3n) is 5.20. The van der Waals surface area contributed by atoms with E-state index in [9.17, 15) is 14.7 Å². The second kappa shape index (κ2) is 20.6. The van der Waals surface area contributed by atoms with Gasteiger partial charge in [0.25, 0.3) is 0 Å². The number of carbonyl (C=O) groups is 2. The Morgan fingerprint density at radius 3 is 1.54 bits per heavy atom. The fourth-order valence-corrected chi connectivity index (χ4v) is 3.32. The summed E-state index contributed by atoms with van der Waals surface area (Å²) in [6.45, 7) is 2.64. The van der Waals surface area contributed by atoms with Gasteiger partial charge in [0.1, 0.15) is 6.04 Å². The SMILES string of the molecule is CCCCCCCCCCCCCCCCCCOC(=O)[C@@H](N)CCC(=O)[O-]. The molecule has 0 spiro atoms. The number of unbranched alkanes of at least 4 members (excludes halogenated alkanes) is 15. The van der Waals surface area contributed by atoms with Crippen LogP contribution in [0.2, 0.25) is 0 Å². The number of hydrogen-bond donors (Lipinski definition) is 1. The molecule has 0 aromatic heterocycles. The lowest BCUT2D eigenvalue weighted by atomic mass is 10.0. The van der Waals surface area contributed by atoms with Crippen LogP contribution in [0.1, 0.15) is 122 Å². The van der Waals surface area contributed by atoms with E-state index in [-0.39, 0.29) is 12.8 Å². The Labute approximate surface area is 172 Å². The zero-order valence-corrected chi connectivity index (χ0v) is 18.2. The highest BCUT2D eigenvalue weighted by molar-refractivity contribution is 5.76. The summed E-state index contributed by atoms with van der Waals surface area (Å²) >= 11 is 0. The van der Waals surface area contributed by atoms with Crippen molar-refractivity contribution in [3.05, 3.63) is 0 Å². The molecule has 0 rings (SSSR count). The topological polar surface area (TPSA) is 92.5 Å². The van der Waals surface area contributed by atoms with E-state index in [4.69, 9.17) is 10.5 Å². The van der Waals surface area contributed by atoms with Crippen LogP contribution in [-0.2, 0) is 14.3 Å². The Bertz CT molecular complexity index is 374. The van der Waals surface area contributed by atoms with Crippen molar-refractivity contribution in [2.45, 2.75) is 129 Å². The van der Waals surface area contributed by atoms with Crippen molar-refractivity contribution >= 4 is 11.9 Å². The Morgan fingerprint density at radius 2 is 1.14 bits per heavy atom. The number of aliphatic carboxylic acids is 1. The lowest BCUT2D eigenvalue weighted by molar-refractivity contribution is -0.305. The van der Waals surface area contributed by atoms with Crippen LogP contribution in [0.3, 0.4) is 0 Å². The van der Waals surface area contributed by atoms with Crippen molar-refractivity contribution in [2.75, 3.05) is 6.61 Å². The molecular weight excluding hydrogens is 354 g/mol. The molecule has 0 unspecified atom stereocenters. The van der Waals surface area contributed by atoms with Gasteiger partial charge in [-0.2, -0.15) is 0 Å². The highest BCUT2D eigenvalue weighted by Gasteiger charge is 2.14. The van der Waals surface area contributed by atoms with E-state index in [1.165, 1.54) is 89.9 Å². The highest BCUT2D eigenvalue weighted by atomic mass is 16.5. The Morgan fingerprint density at radius 1 is 0.750 bits per heavy atom. The van der Waals surface area contributed by atoms with Crippen molar-refractivity contribution in [2.24, 2.45) is 5.73 Å². The number of esters is 1. The van der Waals surface area contributed by atoms with Gasteiger partial charge >= 0.3 is 5.97 Å². The normalized spacial score (nSPS) is 12.1. The fraction of sp³-hybridized carbons (Fsp3) is 0.913. The molecule has 5 nitrogen and oxygen atoms in total. The van der Waals surface area contributed by atoms with E-state index in [1.807, 2.05) is 0 Å². The number of rotatable bonds is 21. The number of carbonyl (C=O) groups excluding carboxylic acids is 2. The van der Waals surface area contributed by atoms with Gasteiger partial charge in [-0.1, -0.05) is 103 Å². The molecule has 0 aliphatic heterocycles. The van der Waals surface area contributed by atoms with Crippen molar-refractivity contribution in [1.29, 1.82) is 0 Å². The molecule has 2 N–H and O–H groups in total. The van der Waals surface area contributed by atoms with Gasteiger partial charge in [-0.3, -0.25) is 4.79 Å². The van der Waals surface area contributed by atoms with Crippen molar-refractivity contribution < 1.29 is 19.4 Å². The molecule has 0 radical (unpaired) electrons. The van der Waals surface area contributed by atoms with Crippen LogP contribution >= 0.6 is 0 Å². The molecule has 0 heterocycles. The molecule has 1 atom stereocenters. The first-order valence-electron chi connectivity index (χ1n) is 11.7. The Balaban J connectivity index is 3.21. The third kappa shape index (κ3) is 19.7. The van der Waals surface area contributed by atoms with Gasteiger partial charge in [0, 0.05) is 5.97 Å². The van der Waals surface area contributed by atoms with Crippen LogP contribution in [-0.4, -0.2) is 24.6 Å². The molecule has 0 aliphatic rings. The summed E-state index contributed by atoms with van der Waals surface area (Å²) in [5.74, 6) is -1.71. The van der Waals surface area contributed by atoms with Crippen molar-refractivity contribution in [3.63, 3.8) is 0 Å². The van der Waals surface area contributed by atoms with Crippen LogP contribution < -0.4 is 10.8 Å². The summed E-state index contributed by atoms with van der Waals surface area (Å²) in [5.41, 5.74) is 5.57. The first-order valence-corrected chi connectivity index (χ1v) is 11.7. The fourth-order valence-electron chi connectivity index (χ4n) is 3.32. The van der Waals surface area contributed by atoms with E-state index < -0.39 is 18.0 Å². The lowest BCUT2D eigenvalue weighted by Crippen LogP contribution is -2.34. The average Bonchev–Trinajstić information content (AvgIpc) is 2.68. The predicted molar refractivity (Wildman–Crippen MR) is 113 cm³/mol. The predicted octanol–water partition coefficient (Wildman–Crippen LogP) is 4.65. The van der Waals surface area contributed by atoms with E-state index in [1.54, 1.807) is 0 Å². The molecule has 28 heavy (non-hydrogen) atoms. The smallest absolute Gasteiger partial charge is 0.322 e. The highest BCUT2D eigenvalue weighted by Crippen LogP contribution is 2.13. The molecule has 0 bridgehead atoms. The van der Waals surface area contributed by atoms with E-state index in [2.05, 4.69) is 6.92 Å². The number of carboxylic acid groups (broad SMARTS) is 1. The van der Waals surface area contributed by atoms with Gasteiger partial charge in [-0.25, -0.2) is 0 Å². The van der Waals surface area contributed by atoms with Gasteiger partial charge in [0.2, 0.25) is 0 Å². The van der Waals surface area contributed by atoms with Crippen LogP contribution in [0.15, 0.2) is 0 Å². The van der Waals surface area contributed by atoms with E-state index >= 15 is 0 Å². The van der Waals surface area contributed by atoms with Crippen LogP contribution in [0.25, 0.3) is 0 Å². The minimum absolute atomic E-state index is 0.0696. The number of nitrogens with two attached hydrogens (primary N) is 1. The minimum atomic E-state index is -1.19. The average molecular weight is 399 g/mol. The summed E-state index contributed by atoms with van der Waals surface area (Å²) in [5, 5.41) is 10.3. The monoisotopic (exact) mass is 398 g/mol. The maximum Gasteiger partial charge on any atom is 0.322 e.